The lowest BCUT2D eigenvalue weighted by molar-refractivity contribution is -0.00247. The van der Waals surface area contributed by atoms with E-state index in [4.69, 9.17) is 4.74 Å². The van der Waals surface area contributed by atoms with Crippen LogP contribution >= 0.6 is 0 Å². The van der Waals surface area contributed by atoms with Crippen molar-refractivity contribution in [2.75, 3.05) is 26.7 Å². The molecule has 2 rings (SSSR count). The van der Waals surface area contributed by atoms with Crippen LogP contribution in [0, 0.1) is 5.82 Å². The number of hydrogen-bond acceptors (Lipinski definition) is 3. The molecule has 4 heteroatoms. The molecule has 1 aromatic carbocycles. The number of nitrogens with one attached hydrogen (secondary N) is 1. The Morgan fingerprint density at radius 3 is 3.05 bits per heavy atom. The summed E-state index contributed by atoms with van der Waals surface area (Å²) in [5, 5.41) is 3.11. The smallest absolute Gasteiger partial charge is 0.127 e. The fourth-order valence-electron chi connectivity index (χ4n) is 2.88. The second-order valence-electron chi connectivity index (χ2n) is 5.83. The number of piperidine rings is 1. The van der Waals surface area contributed by atoms with E-state index in [1.807, 2.05) is 19.2 Å². The Labute approximate surface area is 127 Å². The van der Waals surface area contributed by atoms with Gasteiger partial charge in [-0.25, -0.2) is 4.39 Å². The maximum Gasteiger partial charge on any atom is 0.127 e. The van der Waals surface area contributed by atoms with Gasteiger partial charge in [0.15, 0.2) is 0 Å². The van der Waals surface area contributed by atoms with Crippen LogP contribution in [0.3, 0.4) is 0 Å². The average molecular weight is 294 g/mol. The molecule has 21 heavy (non-hydrogen) atoms. The van der Waals surface area contributed by atoms with E-state index < -0.39 is 0 Å². The number of hydrogen-bond donors (Lipinski definition) is 1. The molecule has 0 amide bonds. The molecule has 1 atom stereocenters. The third-order valence-corrected chi connectivity index (χ3v) is 3.90. The number of benzene rings is 1. The molecule has 0 saturated carbocycles. The van der Waals surface area contributed by atoms with Gasteiger partial charge in [0.2, 0.25) is 0 Å². The molecule has 1 saturated heterocycles. The Morgan fingerprint density at radius 2 is 2.29 bits per heavy atom. The molecule has 0 radical (unpaired) electrons. The number of nitrogens with zero attached hydrogens (tertiary/aromatic N) is 1. The highest BCUT2D eigenvalue weighted by Gasteiger charge is 2.21. The molecular weight excluding hydrogens is 267 g/mol. The van der Waals surface area contributed by atoms with Crippen LogP contribution in [0.1, 0.15) is 37.3 Å². The molecule has 1 fully saturated rings. The van der Waals surface area contributed by atoms with Gasteiger partial charge in [-0.2, -0.15) is 0 Å². The van der Waals surface area contributed by atoms with Gasteiger partial charge in [0.25, 0.3) is 0 Å². The Bertz CT molecular complexity index is 439. The monoisotopic (exact) mass is 294 g/mol. The Morgan fingerprint density at radius 1 is 1.43 bits per heavy atom. The molecule has 1 N–H and O–H groups in total. The summed E-state index contributed by atoms with van der Waals surface area (Å²) in [7, 11) is 1.91. The van der Waals surface area contributed by atoms with E-state index in [0.717, 1.165) is 56.6 Å². The molecule has 0 aromatic heterocycles. The van der Waals surface area contributed by atoms with Crippen molar-refractivity contribution in [3.63, 3.8) is 0 Å². The van der Waals surface area contributed by atoms with Gasteiger partial charge in [-0.05, 0) is 44.5 Å². The van der Waals surface area contributed by atoms with Crippen molar-refractivity contribution in [2.24, 2.45) is 0 Å². The highest BCUT2D eigenvalue weighted by Crippen LogP contribution is 2.18. The van der Waals surface area contributed by atoms with Crippen LogP contribution in [0.4, 0.5) is 4.39 Å². The van der Waals surface area contributed by atoms with Crippen LogP contribution in [0.25, 0.3) is 0 Å². The molecule has 0 aliphatic carbocycles. The summed E-state index contributed by atoms with van der Waals surface area (Å²) in [6, 6.07) is 5.40. The lowest BCUT2D eigenvalue weighted by Gasteiger charge is -2.32. The third kappa shape index (κ3) is 5.06. The van der Waals surface area contributed by atoms with Gasteiger partial charge in [0.1, 0.15) is 5.82 Å². The van der Waals surface area contributed by atoms with Gasteiger partial charge in [0, 0.05) is 31.8 Å². The molecule has 1 heterocycles. The summed E-state index contributed by atoms with van der Waals surface area (Å²) in [6.07, 6.45) is 3.62. The topological polar surface area (TPSA) is 24.5 Å². The number of halogens is 1. The lowest BCUT2D eigenvalue weighted by atomic mass is 10.1. The van der Waals surface area contributed by atoms with Crippen molar-refractivity contribution in [3.05, 3.63) is 35.1 Å². The summed E-state index contributed by atoms with van der Waals surface area (Å²) in [6.45, 7) is 6.34. The number of likely N-dealkylation sites (tertiary alicyclic amines) is 1. The number of ether oxygens (including phenoxy) is 1. The summed E-state index contributed by atoms with van der Waals surface area (Å²) >= 11 is 0. The van der Waals surface area contributed by atoms with Gasteiger partial charge in [-0.15, -0.1) is 0 Å². The molecule has 0 spiro atoms. The molecule has 0 bridgehead atoms. The van der Waals surface area contributed by atoms with Crippen molar-refractivity contribution >= 4 is 0 Å². The zero-order valence-corrected chi connectivity index (χ0v) is 13.2. The van der Waals surface area contributed by atoms with Crippen LogP contribution in [0.2, 0.25) is 0 Å². The van der Waals surface area contributed by atoms with Gasteiger partial charge in [-0.3, -0.25) is 4.90 Å². The zero-order valence-electron chi connectivity index (χ0n) is 13.2. The molecular formula is C17H27FN2O. The van der Waals surface area contributed by atoms with Crippen molar-refractivity contribution in [2.45, 2.75) is 45.4 Å². The maximum atomic E-state index is 14.0. The second kappa shape index (κ2) is 8.47. The van der Waals surface area contributed by atoms with E-state index >= 15 is 0 Å². The van der Waals surface area contributed by atoms with E-state index in [0.29, 0.717) is 12.6 Å². The van der Waals surface area contributed by atoms with Gasteiger partial charge in [0.05, 0.1) is 6.10 Å². The van der Waals surface area contributed by atoms with Gasteiger partial charge < -0.3 is 10.1 Å². The Kier molecular flexibility index (Phi) is 6.61. The fraction of sp³-hybridized carbons (Fsp3) is 0.647. The molecule has 1 aliphatic heterocycles. The highest BCUT2D eigenvalue weighted by molar-refractivity contribution is 5.25. The second-order valence-corrected chi connectivity index (χ2v) is 5.83. The van der Waals surface area contributed by atoms with Crippen molar-refractivity contribution < 1.29 is 9.13 Å². The maximum absolute atomic E-state index is 14.0. The minimum absolute atomic E-state index is 0.105. The first-order chi connectivity index (χ1) is 10.2. The third-order valence-electron chi connectivity index (χ3n) is 3.90. The number of rotatable bonds is 7. The fourth-order valence-corrected chi connectivity index (χ4v) is 2.88. The first-order valence-corrected chi connectivity index (χ1v) is 7.98. The van der Waals surface area contributed by atoms with E-state index in [-0.39, 0.29) is 5.82 Å². The van der Waals surface area contributed by atoms with E-state index in [1.165, 1.54) is 0 Å². The molecule has 1 aliphatic rings. The molecule has 1 aromatic rings. The van der Waals surface area contributed by atoms with Crippen LogP contribution in [0.5, 0.6) is 0 Å². The predicted molar refractivity (Wildman–Crippen MR) is 83.7 cm³/mol. The van der Waals surface area contributed by atoms with Crippen molar-refractivity contribution in [1.29, 1.82) is 0 Å². The van der Waals surface area contributed by atoms with Gasteiger partial charge >= 0.3 is 0 Å². The first kappa shape index (κ1) is 16.4. The standard InChI is InChI=1S/C17H27FN2O/c1-3-9-21-16-5-4-8-20(13-16)12-15-10-14(11-19-2)6-7-17(15)18/h6-7,10,16,19H,3-5,8-9,11-13H2,1-2H3. The summed E-state index contributed by atoms with van der Waals surface area (Å²) in [5.41, 5.74) is 1.92. The van der Waals surface area contributed by atoms with Gasteiger partial charge in [-0.1, -0.05) is 19.1 Å². The van der Waals surface area contributed by atoms with E-state index in [1.54, 1.807) is 6.07 Å². The SMILES string of the molecule is CCCOC1CCCN(Cc2cc(CNC)ccc2F)C1. The van der Waals surface area contributed by atoms with Crippen LogP contribution in [-0.4, -0.2) is 37.7 Å². The lowest BCUT2D eigenvalue weighted by Crippen LogP contribution is -2.39. The van der Waals surface area contributed by atoms with Crippen molar-refractivity contribution in [3.8, 4) is 0 Å². The van der Waals surface area contributed by atoms with Crippen LogP contribution < -0.4 is 5.32 Å². The summed E-state index contributed by atoms with van der Waals surface area (Å²) < 4.78 is 19.8. The van der Waals surface area contributed by atoms with Crippen LogP contribution in [0.15, 0.2) is 18.2 Å². The van der Waals surface area contributed by atoms with Crippen molar-refractivity contribution in [1.82, 2.24) is 10.2 Å². The Balaban J connectivity index is 1.95. The average Bonchev–Trinajstić information content (AvgIpc) is 2.49. The van der Waals surface area contributed by atoms with E-state index in [2.05, 4.69) is 17.1 Å². The largest absolute Gasteiger partial charge is 0.377 e. The quantitative estimate of drug-likeness (QED) is 0.837. The minimum Gasteiger partial charge on any atom is -0.377 e. The summed E-state index contributed by atoms with van der Waals surface area (Å²) in [5.74, 6) is -0.105. The minimum atomic E-state index is -0.105. The molecule has 118 valence electrons. The normalized spacial score (nSPS) is 19.9. The van der Waals surface area contributed by atoms with E-state index in [9.17, 15) is 4.39 Å². The van der Waals surface area contributed by atoms with Crippen LogP contribution in [-0.2, 0) is 17.8 Å². The summed E-state index contributed by atoms with van der Waals surface area (Å²) in [4.78, 5) is 2.31. The predicted octanol–water partition coefficient (Wildman–Crippen LogP) is 2.94. The molecule has 1 unspecified atom stereocenters. The molecule has 3 nitrogen and oxygen atoms in total. The highest BCUT2D eigenvalue weighted by atomic mass is 19.1. The first-order valence-electron chi connectivity index (χ1n) is 7.98. The zero-order chi connectivity index (χ0) is 15.1. The Hall–Kier alpha value is -0.970.